The van der Waals surface area contributed by atoms with Crippen molar-refractivity contribution < 1.29 is 13.6 Å². The highest BCUT2D eigenvalue weighted by Gasteiger charge is 2.30. The zero-order valence-electron chi connectivity index (χ0n) is 17.3. The Morgan fingerprint density at radius 2 is 1.86 bits per heavy atom. The number of carbonyl (C=O) groups excluding carboxylic acids is 1. The van der Waals surface area contributed by atoms with E-state index in [1.807, 2.05) is 6.92 Å². The number of anilines is 1. The molecule has 28 heavy (non-hydrogen) atoms. The topological polar surface area (TPSA) is 29.1 Å². The molecule has 0 bridgehead atoms. The number of rotatable bonds is 5. The van der Waals surface area contributed by atoms with Crippen LogP contribution in [-0.4, -0.2) is 5.78 Å². The van der Waals surface area contributed by atoms with Crippen LogP contribution in [0.25, 0.3) is 0 Å². The molecule has 1 aliphatic carbocycles. The van der Waals surface area contributed by atoms with Crippen LogP contribution in [0.2, 0.25) is 0 Å². The van der Waals surface area contributed by atoms with Crippen LogP contribution in [0.15, 0.2) is 30.3 Å². The lowest BCUT2D eigenvalue weighted by molar-refractivity contribution is -0.120. The first-order valence-corrected chi connectivity index (χ1v) is 9.89. The molecule has 0 saturated carbocycles. The summed E-state index contributed by atoms with van der Waals surface area (Å²) in [4.78, 5) is 12.4. The van der Waals surface area contributed by atoms with Crippen LogP contribution in [0.1, 0.15) is 62.4 Å². The molecule has 1 aliphatic rings. The third-order valence-corrected chi connectivity index (χ3v) is 5.40. The quantitative estimate of drug-likeness (QED) is 0.667. The molecule has 0 amide bonds. The van der Waals surface area contributed by atoms with Crippen LogP contribution in [0, 0.1) is 29.9 Å². The molecular weight excluding hydrogens is 356 g/mol. The summed E-state index contributed by atoms with van der Waals surface area (Å²) in [6.45, 7) is 10.4. The number of hydrogen-bond donors (Lipinski definition) is 1. The van der Waals surface area contributed by atoms with E-state index in [1.165, 1.54) is 17.2 Å². The number of hydrogen-bond acceptors (Lipinski definition) is 2. The molecule has 0 saturated heterocycles. The van der Waals surface area contributed by atoms with Gasteiger partial charge in [0, 0.05) is 24.6 Å². The first-order valence-electron chi connectivity index (χ1n) is 9.89. The molecule has 150 valence electrons. The maximum Gasteiger partial charge on any atom is 0.160 e. The fourth-order valence-electron chi connectivity index (χ4n) is 4.11. The van der Waals surface area contributed by atoms with Gasteiger partial charge in [-0.1, -0.05) is 39.8 Å². The number of ketones is 1. The number of carbonyl (C=O) groups is 1. The Morgan fingerprint density at radius 1 is 1.14 bits per heavy atom. The van der Waals surface area contributed by atoms with E-state index in [9.17, 15) is 13.6 Å². The number of fused-ring (bicyclic) bond motifs is 1. The monoisotopic (exact) mass is 385 g/mol. The summed E-state index contributed by atoms with van der Waals surface area (Å²) in [7, 11) is 0. The average molecular weight is 385 g/mol. The lowest BCUT2D eigenvalue weighted by Gasteiger charge is -2.21. The highest BCUT2D eigenvalue weighted by Crippen LogP contribution is 2.40. The van der Waals surface area contributed by atoms with Gasteiger partial charge in [0.25, 0.3) is 0 Å². The van der Waals surface area contributed by atoms with Gasteiger partial charge in [0.1, 0.15) is 5.78 Å². The number of Topliss-reactive ketones (excluding diaryl/α,β-unsaturated/α-hetero) is 1. The smallest absolute Gasteiger partial charge is 0.160 e. The summed E-state index contributed by atoms with van der Waals surface area (Å²) in [5.74, 6) is -1.10. The summed E-state index contributed by atoms with van der Waals surface area (Å²) in [5, 5.41) is 3.36. The van der Waals surface area contributed by atoms with E-state index in [1.54, 1.807) is 6.07 Å². The fourth-order valence-corrected chi connectivity index (χ4v) is 4.11. The molecule has 0 aliphatic heterocycles. The molecule has 2 unspecified atom stereocenters. The van der Waals surface area contributed by atoms with Crippen LogP contribution in [-0.2, 0) is 17.6 Å². The fraction of sp³-hybridized carbons (Fsp3) is 0.458. The third-order valence-electron chi connectivity index (χ3n) is 5.40. The van der Waals surface area contributed by atoms with E-state index in [0.717, 1.165) is 23.6 Å². The van der Waals surface area contributed by atoms with Gasteiger partial charge in [0.15, 0.2) is 11.6 Å². The maximum atomic E-state index is 13.6. The van der Waals surface area contributed by atoms with Crippen molar-refractivity contribution >= 4 is 11.5 Å². The van der Waals surface area contributed by atoms with Crippen molar-refractivity contribution in [3.8, 4) is 0 Å². The van der Waals surface area contributed by atoms with Crippen molar-refractivity contribution in [2.45, 2.75) is 59.9 Å². The first-order chi connectivity index (χ1) is 13.0. The highest BCUT2D eigenvalue weighted by molar-refractivity contribution is 5.82. The predicted molar refractivity (Wildman–Crippen MR) is 110 cm³/mol. The van der Waals surface area contributed by atoms with Gasteiger partial charge in [-0.05, 0) is 59.1 Å². The molecule has 3 rings (SSSR count). The van der Waals surface area contributed by atoms with Gasteiger partial charge in [-0.3, -0.25) is 4.79 Å². The van der Waals surface area contributed by atoms with Crippen molar-refractivity contribution in [3.05, 3.63) is 64.2 Å². The second-order valence-electron chi connectivity index (χ2n) is 9.36. The molecule has 0 aromatic heterocycles. The number of nitrogens with one attached hydrogen (secondary N) is 1. The van der Waals surface area contributed by atoms with E-state index in [2.05, 4.69) is 45.1 Å². The molecule has 0 spiro atoms. The normalized spacial score (nSPS) is 18.8. The molecule has 2 aromatic carbocycles. The zero-order chi connectivity index (χ0) is 20.6. The molecule has 2 atom stereocenters. The molecule has 2 nitrogen and oxygen atoms in total. The van der Waals surface area contributed by atoms with Crippen molar-refractivity contribution in [1.29, 1.82) is 0 Å². The zero-order valence-corrected chi connectivity index (χ0v) is 17.3. The van der Waals surface area contributed by atoms with Gasteiger partial charge in [-0.15, -0.1) is 0 Å². The Hall–Kier alpha value is -2.23. The van der Waals surface area contributed by atoms with E-state index < -0.39 is 11.6 Å². The Kier molecular flexibility index (Phi) is 5.60. The average Bonchev–Trinajstić information content (AvgIpc) is 2.85. The molecule has 4 heteroatoms. The second-order valence-corrected chi connectivity index (χ2v) is 9.36. The van der Waals surface area contributed by atoms with Crippen molar-refractivity contribution in [3.63, 3.8) is 0 Å². The standard InChI is InChI=1S/C24H29F2NO/c1-14-9-20-17(10-16(14)11-19(28)13-24(3,4)5)8-15(2)23(20)27-18-6-7-21(25)22(26)12-18/h6-7,9-10,12,15,23,27H,8,11,13H2,1-5H3. The van der Waals surface area contributed by atoms with Crippen LogP contribution in [0.4, 0.5) is 14.5 Å². The number of halogens is 2. The van der Waals surface area contributed by atoms with Gasteiger partial charge >= 0.3 is 0 Å². The van der Waals surface area contributed by atoms with Crippen LogP contribution in [0.3, 0.4) is 0 Å². The molecule has 0 radical (unpaired) electrons. The Balaban J connectivity index is 1.82. The van der Waals surface area contributed by atoms with Gasteiger partial charge < -0.3 is 5.32 Å². The number of benzene rings is 2. The minimum Gasteiger partial charge on any atom is -0.378 e. The Morgan fingerprint density at radius 3 is 2.50 bits per heavy atom. The minimum absolute atomic E-state index is 0.00429. The number of aryl methyl sites for hydroxylation is 1. The van der Waals surface area contributed by atoms with E-state index in [4.69, 9.17) is 0 Å². The first kappa shape index (κ1) is 20.5. The summed E-state index contributed by atoms with van der Waals surface area (Å²) >= 11 is 0. The molecule has 2 aromatic rings. The summed E-state index contributed by atoms with van der Waals surface area (Å²) in [5.41, 5.74) is 5.18. The summed E-state index contributed by atoms with van der Waals surface area (Å²) in [6.07, 6.45) is 1.93. The molecular formula is C24H29F2NO. The second kappa shape index (κ2) is 7.65. The summed E-state index contributed by atoms with van der Waals surface area (Å²) < 4.78 is 26.8. The SMILES string of the molecule is Cc1cc2c(cc1CC(=O)CC(C)(C)C)CC(C)C2Nc1ccc(F)c(F)c1. The van der Waals surface area contributed by atoms with E-state index in [-0.39, 0.29) is 17.2 Å². The van der Waals surface area contributed by atoms with Crippen LogP contribution >= 0.6 is 0 Å². The lowest BCUT2D eigenvalue weighted by Crippen LogP contribution is -2.16. The predicted octanol–water partition coefficient (Wildman–Crippen LogP) is 6.17. The van der Waals surface area contributed by atoms with Crippen molar-refractivity contribution in [2.75, 3.05) is 5.32 Å². The third kappa shape index (κ3) is 4.60. The van der Waals surface area contributed by atoms with Crippen molar-refractivity contribution in [2.24, 2.45) is 11.3 Å². The van der Waals surface area contributed by atoms with Gasteiger partial charge in [0.05, 0.1) is 6.04 Å². The van der Waals surface area contributed by atoms with E-state index in [0.29, 0.717) is 24.4 Å². The van der Waals surface area contributed by atoms with Crippen LogP contribution in [0.5, 0.6) is 0 Å². The Labute approximate surface area is 166 Å². The van der Waals surface area contributed by atoms with Gasteiger partial charge in [-0.25, -0.2) is 8.78 Å². The molecule has 1 N–H and O–H groups in total. The van der Waals surface area contributed by atoms with E-state index >= 15 is 0 Å². The van der Waals surface area contributed by atoms with Gasteiger partial charge in [-0.2, -0.15) is 0 Å². The molecule has 0 fully saturated rings. The van der Waals surface area contributed by atoms with Gasteiger partial charge in [0.2, 0.25) is 0 Å². The lowest BCUT2D eigenvalue weighted by atomic mass is 9.87. The molecule has 0 heterocycles. The summed E-state index contributed by atoms with van der Waals surface area (Å²) in [6, 6.07) is 8.26. The maximum absolute atomic E-state index is 13.6. The highest BCUT2D eigenvalue weighted by atomic mass is 19.2. The van der Waals surface area contributed by atoms with Crippen molar-refractivity contribution in [1.82, 2.24) is 0 Å². The minimum atomic E-state index is -0.847. The van der Waals surface area contributed by atoms with Crippen LogP contribution < -0.4 is 5.32 Å². The largest absolute Gasteiger partial charge is 0.378 e. The Bertz CT molecular complexity index is 898.